The lowest BCUT2D eigenvalue weighted by Gasteiger charge is -2.30. The highest BCUT2D eigenvalue weighted by molar-refractivity contribution is 5.81. The normalized spacial score (nSPS) is 19.9. The summed E-state index contributed by atoms with van der Waals surface area (Å²) in [7, 11) is 0. The van der Waals surface area contributed by atoms with Crippen LogP contribution >= 0.6 is 0 Å². The third-order valence-corrected chi connectivity index (χ3v) is 3.08. The van der Waals surface area contributed by atoms with Crippen molar-refractivity contribution in [3.05, 3.63) is 0 Å². The van der Waals surface area contributed by atoms with Crippen LogP contribution in [0.3, 0.4) is 0 Å². The number of hydrogen-bond donors (Lipinski definition) is 0. The largest absolute Gasteiger partial charge is 0.303 e. The van der Waals surface area contributed by atoms with E-state index < -0.39 is 0 Å². The van der Waals surface area contributed by atoms with Crippen molar-refractivity contribution in [1.29, 1.82) is 0 Å². The quantitative estimate of drug-likeness (QED) is 0.675. The topological polar surface area (TPSA) is 20.3 Å². The maximum atomic E-state index is 11.6. The van der Waals surface area contributed by atoms with Gasteiger partial charge in [-0.05, 0) is 45.3 Å². The van der Waals surface area contributed by atoms with Crippen LogP contribution in [0.1, 0.15) is 46.0 Å². The summed E-state index contributed by atoms with van der Waals surface area (Å²) in [6.07, 6.45) is 5.22. The predicted octanol–water partition coefficient (Wildman–Crippen LogP) is 2.48. The van der Waals surface area contributed by atoms with E-state index in [1.54, 1.807) is 0 Å². The van der Waals surface area contributed by atoms with Crippen LogP contribution in [-0.2, 0) is 4.79 Å². The Bertz CT molecular complexity index is 171. The van der Waals surface area contributed by atoms with Crippen molar-refractivity contribution in [3.63, 3.8) is 0 Å². The Morgan fingerprint density at radius 2 is 1.86 bits per heavy atom. The van der Waals surface area contributed by atoms with Gasteiger partial charge in [0.15, 0.2) is 0 Å². The number of carbonyl (C=O) groups is 1. The maximum absolute atomic E-state index is 11.6. The zero-order valence-electron chi connectivity index (χ0n) is 9.59. The molecule has 1 saturated heterocycles. The standard InChI is InChI=1S/C12H23NO/c1-3-5-12(14)11-6-9-13(8-4-2)10-7-11/h11H,3-10H2,1-2H3. The Morgan fingerprint density at radius 3 is 2.36 bits per heavy atom. The summed E-state index contributed by atoms with van der Waals surface area (Å²) >= 11 is 0. The lowest BCUT2D eigenvalue weighted by atomic mass is 9.90. The van der Waals surface area contributed by atoms with Crippen molar-refractivity contribution in [2.75, 3.05) is 19.6 Å². The van der Waals surface area contributed by atoms with Gasteiger partial charge in [-0.15, -0.1) is 0 Å². The zero-order chi connectivity index (χ0) is 10.4. The van der Waals surface area contributed by atoms with Crippen LogP contribution in [0.4, 0.5) is 0 Å². The number of rotatable bonds is 5. The molecule has 0 radical (unpaired) electrons. The first-order valence-corrected chi connectivity index (χ1v) is 6.03. The van der Waals surface area contributed by atoms with Gasteiger partial charge < -0.3 is 4.90 Å². The van der Waals surface area contributed by atoms with Crippen LogP contribution in [-0.4, -0.2) is 30.3 Å². The number of carbonyl (C=O) groups excluding carboxylic acids is 1. The molecule has 0 unspecified atom stereocenters. The van der Waals surface area contributed by atoms with E-state index in [0.717, 1.165) is 38.8 Å². The SMILES string of the molecule is CCCC(=O)C1CCN(CCC)CC1. The van der Waals surface area contributed by atoms with Crippen LogP contribution < -0.4 is 0 Å². The van der Waals surface area contributed by atoms with Crippen molar-refractivity contribution < 1.29 is 4.79 Å². The molecule has 1 aliphatic heterocycles. The number of ketones is 1. The molecule has 82 valence electrons. The lowest BCUT2D eigenvalue weighted by molar-refractivity contribution is -0.124. The Hall–Kier alpha value is -0.370. The van der Waals surface area contributed by atoms with E-state index in [9.17, 15) is 4.79 Å². The Balaban J connectivity index is 2.24. The third-order valence-electron chi connectivity index (χ3n) is 3.08. The molecule has 0 saturated carbocycles. The van der Waals surface area contributed by atoms with Crippen LogP contribution in [0.15, 0.2) is 0 Å². The van der Waals surface area contributed by atoms with Crippen LogP contribution in [0.25, 0.3) is 0 Å². The van der Waals surface area contributed by atoms with Gasteiger partial charge in [0, 0.05) is 12.3 Å². The lowest BCUT2D eigenvalue weighted by Crippen LogP contribution is -2.36. The van der Waals surface area contributed by atoms with E-state index in [-0.39, 0.29) is 0 Å². The minimum atomic E-state index is 0.378. The smallest absolute Gasteiger partial charge is 0.136 e. The minimum Gasteiger partial charge on any atom is -0.303 e. The average molecular weight is 197 g/mol. The second kappa shape index (κ2) is 6.18. The summed E-state index contributed by atoms with van der Waals surface area (Å²) in [5, 5.41) is 0. The Morgan fingerprint density at radius 1 is 1.21 bits per heavy atom. The maximum Gasteiger partial charge on any atom is 0.136 e. The Kier molecular flexibility index (Phi) is 5.16. The molecular formula is C12H23NO. The molecule has 0 aromatic rings. The van der Waals surface area contributed by atoms with Crippen molar-refractivity contribution in [2.24, 2.45) is 5.92 Å². The minimum absolute atomic E-state index is 0.378. The second-order valence-corrected chi connectivity index (χ2v) is 4.33. The summed E-state index contributed by atoms with van der Waals surface area (Å²) in [6.45, 7) is 7.77. The molecule has 0 atom stereocenters. The fraction of sp³-hybridized carbons (Fsp3) is 0.917. The van der Waals surface area contributed by atoms with Gasteiger partial charge >= 0.3 is 0 Å². The van der Waals surface area contributed by atoms with E-state index >= 15 is 0 Å². The van der Waals surface area contributed by atoms with Gasteiger partial charge in [-0.25, -0.2) is 0 Å². The first kappa shape index (κ1) is 11.7. The van der Waals surface area contributed by atoms with Crippen molar-refractivity contribution >= 4 is 5.78 Å². The number of nitrogens with zero attached hydrogens (tertiary/aromatic N) is 1. The highest BCUT2D eigenvalue weighted by Gasteiger charge is 2.23. The first-order chi connectivity index (χ1) is 6.77. The van der Waals surface area contributed by atoms with Gasteiger partial charge in [0.25, 0.3) is 0 Å². The highest BCUT2D eigenvalue weighted by atomic mass is 16.1. The number of likely N-dealkylation sites (tertiary alicyclic amines) is 1. The fourth-order valence-electron chi connectivity index (χ4n) is 2.25. The van der Waals surface area contributed by atoms with Gasteiger partial charge in [-0.1, -0.05) is 13.8 Å². The van der Waals surface area contributed by atoms with Gasteiger partial charge in [-0.2, -0.15) is 0 Å². The van der Waals surface area contributed by atoms with Crippen molar-refractivity contribution in [2.45, 2.75) is 46.0 Å². The molecule has 0 aromatic heterocycles. The van der Waals surface area contributed by atoms with E-state index in [1.165, 1.54) is 13.0 Å². The second-order valence-electron chi connectivity index (χ2n) is 4.33. The summed E-state index contributed by atoms with van der Waals surface area (Å²) in [5.74, 6) is 0.881. The Labute approximate surface area is 87.7 Å². The summed E-state index contributed by atoms with van der Waals surface area (Å²) in [5.41, 5.74) is 0. The van der Waals surface area contributed by atoms with Crippen molar-refractivity contribution in [1.82, 2.24) is 4.90 Å². The summed E-state index contributed by atoms with van der Waals surface area (Å²) < 4.78 is 0. The van der Waals surface area contributed by atoms with E-state index in [1.807, 2.05) is 0 Å². The summed E-state index contributed by atoms with van der Waals surface area (Å²) in [4.78, 5) is 14.1. The monoisotopic (exact) mass is 197 g/mol. The van der Waals surface area contributed by atoms with Gasteiger partial charge in [0.2, 0.25) is 0 Å². The number of piperidine rings is 1. The van der Waals surface area contributed by atoms with E-state index in [2.05, 4.69) is 18.7 Å². The van der Waals surface area contributed by atoms with Crippen molar-refractivity contribution in [3.8, 4) is 0 Å². The van der Waals surface area contributed by atoms with Gasteiger partial charge in [0.1, 0.15) is 5.78 Å². The molecule has 0 bridgehead atoms. The average Bonchev–Trinajstić information content (AvgIpc) is 2.20. The zero-order valence-corrected chi connectivity index (χ0v) is 9.59. The molecule has 0 N–H and O–H groups in total. The van der Waals surface area contributed by atoms with E-state index in [0.29, 0.717) is 11.7 Å². The molecule has 0 aliphatic carbocycles. The molecule has 0 amide bonds. The van der Waals surface area contributed by atoms with Gasteiger partial charge in [0.05, 0.1) is 0 Å². The first-order valence-electron chi connectivity index (χ1n) is 6.03. The molecule has 1 aliphatic rings. The molecule has 2 heteroatoms. The molecule has 0 aromatic carbocycles. The highest BCUT2D eigenvalue weighted by Crippen LogP contribution is 2.19. The number of hydrogen-bond acceptors (Lipinski definition) is 2. The number of Topliss-reactive ketones (excluding diaryl/α,β-unsaturated/α-hetero) is 1. The molecule has 1 rings (SSSR count). The van der Waals surface area contributed by atoms with Gasteiger partial charge in [-0.3, -0.25) is 4.79 Å². The molecule has 1 heterocycles. The molecule has 0 spiro atoms. The molecular weight excluding hydrogens is 174 g/mol. The molecule has 1 fully saturated rings. The van der Waals surface area contributed by atoms with Crippen LogP contribution in [0, 0.1) is 5.92 Å². The predicted molar refractivity (Wildman–Crippen MR) is 59.4 cm³/mol. The summed E-state index contributed by atoms with van der Waals surface area (Å²) in [6, 6.07) is 0. The van der Waals surface area contributed by atoms with Crippen LogP contribution in [0.2, 0.25) is 0 Å². The third kappa shape index (κ3) is 3.41. The fourth-order valence-corrected chi connectivity index (χ4v) is 2.25. The molecule has 2 nitrogen and oxygen atoms in total. The molecule has 14 heavy (non-hydrogen) atoms. The van der Waals surface area contributed by atoms with E-state index in [4.69, 9.17) is 0 Å². The van der Waals surface area contributed by atoms with Crippen LogP contribution in [0.5, 0.6) is 0 Å².